The zero-order valence-corrected chi connectivity index (χ0v) is 15.9. The fraction of sp³-hybridized carbons (Fsp3) is 0.211. The van der Waals surface area contributed by atoms with Gasteiger partial charge in [-0.25, -0.2) is 0 Å². The lowest BCUT2D eigenvalue weighted by atomic mass is 10.2. The average Bonchev–Trinajstić information content (AvgIpc) is 3.17. The molecule has 144 valence electrons. The molecule has 2 aromatic heterocycles. The minimum Gasteiger partial charge on any atom is -0.339 e. The van der Waals surface area contributed by atoms with E-state index < -0.39 is 0 Å². The number of para-hydroxylation sites is 1. The quantitative estimate of drug-likeness (QED) is 0.655. The summed E-state index contributed by atoms with van der Waals surface area (Å²) in [5.74, 6) is 0.256. The Balaban J connectivity index is 1.49. The van der Waals surface area contributed by atoms with Crippen molar-refractivity contribution in [2.45, 2.75) is 12.8 Å². The molecule has 0 spiro atoms. The molecule has 2 heterocycles. The third-order valence-electron chi connectivity index (χ3n) is 3.91. The van der Waals surface area contributed by atoms with E-state index in [-0.39, 0.29) is 31.2 Å². The maximum Gasteiger partial charge on any atom is 0.244 e. The Labute approximate surface area is 166 Å². The Hall–Kier alpha value is -3.26. The van der Waals surface area contributed by atoms with Crippen LogP contribution < -0.4 is 5.32 Å². The molecule has 3 aromatic rings. The van der Waals surface area contributed by atoms with E-state index in [1.165, 1.54) is 4.90 Å². The van der Waals surface area contributed by atoms with Gasteiger partial charge in [0.1, 0.15) is 0 Å². The molecule has 1 N–H and O–H groups in total. The third-order valence-corrected chi connectivity index (χ3v) is 4.24. The first-order valence-electron chi connectivity index (χ1n) is 8.54. The normalized spacial score (nSPS) is 10.5. The summed E-state index contributed by atoms with van der Waals surface area (Å²) in [6, 6.07) is 10.4. The molecule has 0 saturated carbocycles. The maximum atomic E-state index is 12.3. The van der Waals surface area contributed by atoms with Crippen molar-refractivity contribution in [2.24, 2.45) is 0 Å². The first-order valence-corrected chi connectivity index (χ1v) is 8.92. The lowest BCUT2D eigenvalue weighted by Gasteiger charge is -2.16. The molecular weight excluding hydrogens is 382 g/mol. The van der Waals surface area contributed by atoms with Crippen molar-refractivity contribution in [2.75, 3.05) is 18.9 Å². The smallest absolute Gasteiger partial charge is 0.244 e. The lowest BCUT2D eigenvalue weighted by molar-refractivity contribution is -0.133. The van der Waals surface area contributed by atoms with Gasteiger partial charge in [-0.1, -0.05) is 28.9 Å². The number of carbonyl (C=O) groups excluding carboxylic acids is 2. The van der Waals surface area contributed by atoms with Gasteiger partial charge >= 0.3 is 0 Å². The van der Waals surface area contributed by atoms with Crippen LogP contribution in [0.15, 0.2) is 53.3 Å². The van der Waals surface area contributed by atoms with Crippen molar-refractivity contribution in [1.82, 2.24) is 20.0 Å². The van der Waals surface area contributed by atoms with Gasteiger partial charge in [-0.15, -0.1) is 0 Å². The fourth-order valence-electron chi connectivity index (χ4n) is 2.44. The number of nitrogens with one attached hydrogen (secondary N) is 1. The summed E-state index contributed by atoms with van der Waals surface area (Å²) < 4.78 is 5.18. The summed E-state index contributed by atoms with van der Waals surface area (Å²) in [6.45, 7) is -0.0871. The SMILES string of the molecule is CN(CC(=O)Nc1ccccc1Cl)C(=O)CCc1nc(-c2ccncc2)no1. The molecule has 3 rings (SSSR count). The molecular formula is C19H18ClN5O3. The fourth-order valence-corrected chi connectivity index (χ4v) is 2.62. The number of anilines is 1. The molecule has 28 heavy (non-hydrogen) atoms. The largest absolute Gasteiger partial charge is 0.339 e. The zero-order valence-electron chi connectivity index (χ0n) is 15.1. The van der Waals surface area contributed by atoms with Crippen LogP contribution in [0.25, 0.3) is 11.4 Å². The number of rotatable bonds is 7. The Morgan fingerprint density at radius 1 is 1.18 bits per heavy atom. The van der Waals surface area contributed by atoms with Crippen molar-refractivity contribution in [3.63, 3.8) is 0 Å². The van der Waals surface area contributed by atoms with E-state index in [1.54, 1.807) is 55.8 Å². The number of benzene rings is 1. The molecule has 0 atom stereocenters. The van der Waals surface area contributed by atoms with E-state index in [0.29, 0.717) is 22.4 Å². The van der Waals surface area contributed by atoms with Gasteiger partial charge in [0.15, 0.2) is 0 Å². The number of halogens is 1. The highest BCUT2D eigenvalue weighted by Crippen LogP contribution is 2.20. The molecule has 0 aliphatic carbocycles. The van der Waals surface area contributed by atoms with Gasteiger partial charge in [0.25, 0.3) is 0 Å². The van der Waals surface area contributed by atoms with Crippen LogP contribution >= 0.6 is 11.6 Å². The molecule has 0 bridgehead atoms. The zero-order chi connectivity index (χ0) is 19.9. The summed E-state index contributed by atoms with van der Waals surface area (Å²) in [5.41, 5.74) is 1.29. The Morgan fingerprint density at radius 3 is 2.68 bits per heavy atom. The first kappa shape index (κ1) is 19.5. The Kier molecular flexibility index (Phi) is 6.33. The van der Waals surface area contributed by atoms with Gasteiger partial charge in [0, 0.05) is 37.8 Å². The van der Waals surface area contributed by atoms with E-state index in [9.17, 15) is 9.59 Å². The number of aryl methyl sites for hydroxylation is 1. The van der Waals surface area contributed by atoms with Gasteiger partial charge in [-0.2, -0.15) is 4.98 Å². The van der Waals surface area contributed by atoms with Crippen molar-refractivity contribution in [3.05, 3.63) is 59.7 Å². The number of hydrogen-bond donors (Lipinski definition) is 1. The number of likely N-dealkylation sites (N-methyl/N-ethyl adjacent to an activating group) is 1. The van der Waals surface area contributed by atoms with Crippen LogP contribution in [0.5, 0.6) is 0 Å². The van der Waals surface area contributed by atoms with Crippen molar-refractivity contribution in [3.8, 4) is 11.4 Å². The van der Waals surface area contributed by atoms with Crippen LogP contribution in [0.4, 0.5) is 5.69 Å². The number of amides is 2. The Bertz CT molecular complexity index is 961. The number of pyridine rings is 1. The van der Waals surface area contributed by atoms with Gasteiger partial charge in [0.2, 0.25) is 23.5 Å². The van der Waals surface area contributed by atoms with E-state index >= 15 is 0 Å². The number of aromatic nitrogens is 3. The maximum absolute atomic E-state index is 12.3. The second kappa shape index (κ2) is 9.09. The molecule has 0 aliphatic heterocycles. The lowest BCUT2D eigenvalue weighted by Crippen LogP contribution is -2.35. The van der Waals surface area contributed by atoms with Crippen molar-refractivity contribution >= 4 is 29.1 Å². The first-order chi connectivity index (χ1) is 13.5. The highest BCUT2D eigenvalue weighted by molar-refractivity contribution is 6.33. The summed E-state index contributed by atoms with van der Waals surface area (Å²) in [6.07, 6.45) is 3.70. The van der Waals surface area contributed by atoms with E-state index in [1.807, 2.05) is 0 Å². The topological polar surface area (TPSA) is 101 Å². The van der Waals surface area contributed by atoms with Crippen molar-refractivity contribution in [1.29, 1.82) is 0 Å². The molecule has 0 fully saturated rings. The Morgan fingerprint density at radius 2 is 1.93 bits per heavy atom. The summed E-state index contributed by atoms with van der Waals surface area (Å²) in [7, 11) is 1.56. The van der Waals surface area contributed by atoms with E-state index in [0.717, 1.165) is 5.56 Å². The number of carbonyl (C=O) groups is 2. The molecule has 0 aliphatic rings. The standard InChI is InChI=1S/C19H18ClN5O3/c1-25(12-16(26)22-15-5-3-2-4-14(15)20)18(27)7-6-17-23-19(24-28-17)13-8-10-21-11-9-13/h2-5,8-11H,6-7,12H2,1H3,(H,22,26). The summed E-state index contributed by atoms with van der Waals surface area (Å²) in [5, 5.41) is 7.01. The number of hydrogen-bond acceptors (Lipinski definition) is 6. The van der Waals surface area contributed by atoms with Gasteiger partial charge in [0.05, 0.1) is 17.3 Å². The number of nitrogens with zero attached hydrogens (tertiary/aromatic N) is 4. The highest BCUT2D eigenvalue weighted by Gasteiger charge is 2.16. The molecule has 9 heteroatoms. The van der Waals surface area contributed by atoms with E-state index in [2.05, 4.69) is 20.4 Å². The predicted octanol–water partition coefficient (Wildman–Crippen LogP) is 2.81. The molecule has 2 amide bonds. The minimum atomic E-state index is -0.332. The van der Waals surface area contributed by atoms with Crippen LogP contribution in [0.1, 0.15) is 12.3 Å². The average molecular weight is 400 g/mol. The minimum absolute atomic E-state index is 0.0871. The summed E-state index contributed by atoms with van der Waals surface area (Å²) in [4.78, 5) is 33.9. The van der Waals surface area contributed by atoms with Crippen LogP contribution in [-0.4, -0.2) is 45.4 Å². The second-order valence-electron chi connectivity index (χ2n) is 6.03. The highest BCUT2D eigenvalue weighted by atomic mass is 35.5. The van der Waals surface area contributed by atoms with Gasteiger partial charge in [-0.3, -0.25) is 14.6 Å². The van der Waals surface area contributed by atoms with Crippen LogP contribution in [0.2, 0.25) is 5.02 Å². The molecule has 0 unspecified atom stereocenters. The molecule has 0 saturated heterocycles. The van der Waals surface area contributed by atoms with Crippen LogP contribution in [-0.2, 0) is 16.0 Å². The van der Waals surface area contributed by atoms with E-state index in [4.69, 9.17) is 16.1 Å². The molecule has 1 aromatic carbocycles. The predicted molar refractivity (Wildman–Crippen MR) is 104 cm³/mol. The van der Waals surface area contributed by atoms with Crippen LogP contribution in [0.3, 0.4) is 0 Å². The molecule has 0 radical (unpaired) electrons. The summed E-state index contributed by atoms with van der Waals surface area (Å²) >= 11 is 6.01. The van der Waals surface area contributed by atoms with Gasteiger partial charge < -0.3 is 14.7 Å². The monoisotopic (exact) mass is 399 g/mol. The third kappa shape index (κ3) is 5.14. The second-order valence-corrected chi connectivity index (χ2v) is 6.43. The van der Waals surface area contributed by atoms with Crippen LogP contribution in [0, 0.1) is 0 Å². The van der Waals surface area contributed by atoms with Crippen molar-refractivity contribution < 1.29 is 14.1 Å². The van der Waals surface area contributed by atoms with Gasteiger partial charge in [-0.05, 0) is 24.3 Å². The molecule has 8 nitrogen and oxygen atoms in total.